The topological polar surface area (TPSA) is 0 Å². The van der Waals surface area contributed by atoms with E-state index in [2.05, 4.69) is 13.8 Å². The predicted molar refractivity (Wildman–Crippen MR) is 34.6 cm³/mol. The van der Waals surface area contributed by atoms with Crippen LogP contribution in [0.2, 0.25) is 0 Å². The first-order valence-corrected chi connectivity index (χ1v) is 3.79. The zero-order valence-electron chi connectivity index (χ0n) is 5.78. The average molecular weight is 110 g/mol. The molecule has 0 aromatic rings. The Hall–Kier alpha value is 0. The van der Waals surface area contributed by atoms with Crippen molar-refractivity contribution in [2.45, 2.75) is 33.1 Å². The van der Waals surface area contributed by atoms with Crippen LogP contribution in [0, 0.1) is 17.3 Å². The van der Waals surface area contributed by atoms with Crippen LogP contribution in [0.25, 0.3) is 0 Å². The Morgan fingerprint density at radius 1 is 1.62 bits per heavy atom. The molecular formula is C8H14. The van der Waals surface area contributed by atoms with Gasteiger partial charge in [0.1, 0.15) is 0 Å². The molecule has 0 nitrogen and oxygen atoms in total. The molecule has 0 amide bonds. The van der Waals surface area contributed by atoms with Crippen molar-refractivity contribution in [3.8, 4) is 0 Å². The van der Waals surface area contributed by atoms with Crippen molar-refractivity contribution in [2.75, 3.05) is 0 Å². The minimum absolute atomic E-state index is 0.925. The Morgan fingerprint density at radius 2 is 2.12 bits per heavy atom. The molecule has 0 aromatic carbocycles. The van der Waals surface area contributed by atoms with Gasteiger partial charge in [-0.15, -0.1) is 0 Å². The Kier molecular flexibility index (Phi) is 0.678. The molecule has 0 N–H and O–H groups in total. The Bertz CT molecular complexity index is 109. The summed E-state index contributed by atoms with van der Waals surface area (Å²) in [5, 5.41) is 0. The minimum atomic E-state index is 0.925. The van der Waals surface area contributed by atoms with Crippen LogP contribution < -0.4 is 0 Å². The number of hydrogen-bond donors (Lipinski definition) is 0. The first-order valence-electron chi connectivity index (χ1n) is 3.79. The van der Waals surface area contributed by atoms with Gasteiger partial charge in [-0.1, -0.05) is 20.3 Å². The van der Waals surface area contributed by atoms with Crippen LogP contribution in [0.3, 0.4) is 0 Å². The van der Waals surface area contributed by atoms with Gasteiger partial charge >= 0.3 is 0 Å². The van der Waals surface area contributed by atoms with Crippen LogP contribution in [-0.2, 0) is 0 Å². The van der Waals surface area contributed by atoms with Crippen molar-refractivity contribution < 1.29 is 0 Å². The van der Waals surface area contributed by atoms with Gasteiger partial charge in [0.15, 0.2) is 0 Å². The Balaban J connectivity index is 1.97. The van der Waals surface area contributed by atoms with Crippen molar-refractivity contribution in [2.24, 2.45) is 17.3 Å². The SMILES string of the molecule is CCC(C)C12CC1C2. The van der Waals surface area contributed by atoms with Gasteiger partial charge in [-0.05, 0) is 30.1 Å². The van der Waals surface area contributed by atoms with Crippen molar-refractivity contribution >= 4 is 0 Å². The molecule has 2 aliphatic rings. The molecule has 1 unspecified atom stereocenters. The summed E-state index contributed by atoms with van der Waals surface area (Å²) >= 11 is 0. The van der Waals surface area contributed by atoms with Crippen LogP contribution >= 0.6 is 0 Å². The van der Waals surface area contributed by atoms with E-state index in [1.807, 2.05) is 0 Å². The zero-order chi connectivity index (χ0) is 5.78. The fourth-order valence-electron chi connectivity index (χ4n) is 1.95. The summed E-state index contributed by atoms with van der Waals surface area (Å²) in [7, 11) is 0. The van der Waals surface area contributed by atoms with E-state index in [9.17, 15) is 0 Å². The Morgan fingerprint density at radius 3 is 2.25 bits per heavy atom. The quantitative estimate of drug-likeness (QED) is 0.512. The van der Waals surface area contributed by atoms with Gasteiger partial charge in [-0.2, -0.15) is 0 Å². The van der Waals surface area contributed by atoms with Gasteiger partial charge in [0.25, 0.3) is 0 Å². The second-order valence-electron chi connectivity index (χ2n) is 3.65. The van der Waals surface area contributed by atoms with Gasteiger partial charge in [0, 0.05) is 0 Å². The molecule has 0 heteroatoms. The molecule has 2 rings (SSSR count). The first kappa shape index (κ1) is 4.84. The van der Waals surface area contributed by atoms with Crippen molar-refractivity contribution in [3.05, 3.63) is 0 Å². The van der Waals surface area contributed by atoms with E-state index in [-0.39, 0.29) is 0 Å². The molecule has 0 spiro atoms. The highest BCUT2D eigenvalue weighted by atomic mass is 14.8. The first-order chi connectivity index (χ1) is 3.79. The maximum atomic E-state index is 2.41. The van der Waals surface area contributed by atoms with Crippen LogP contribution in [0.15, 0.2) is 0 Å². The van der Waals surface area contributed by atoms with Crippen molar-refractivity contribution in [1.82, 2.24) is 0 Å². The summed E-state index contributed by atoms with van der Waals surface area (Å²) in [6, 6.07) is 0. The van der Waals surface area contributed by atoms with Crippen LogP contribution in [0.4, 0.5) is 0 Å². The van der Waals surface area contributed by atoms with E-state index < -0.39 is 0 Å². The maximum absolute atomic E-state index is 2.41. The normalized spacial score (nSPS) is 52.5. The lowest BCUT2D eigenvalue weighted by Crippen LogP contribution is -2.00. The third kappa shape index (κ3) is 0.375. The molecule has 0 aliphatic heterocycles. The molecule has 0 heterocycles. The smallest absolute Gasteiger partial charge is 0.0238 e. The van der Waals surface area contributed by atoms with Crippen molar-refractivity contribution in [3.63, 3.8) is 0 Å². The number of fused-ring (bicyclic) bond motifs is 1. The highest BCUT2D eigenvalue weighted by Gasteiger charge is 2.70. The van der Waals surface area contributed by atoms with E-state index in [1.165, 1.54) is 12.3 Å². The lowest BCUT2D eigenvalue weighted by Gasteiger charge is -2.09. The van der Waals surface area contributed by atoms with Gasteiger partial charge in [-0.25, -0.2) is 0 Å². The van der Waals surface area contributed by atoms with Gasteiger partial charge in [0.2, 0.25) is 0 Å². The summed E-state index contributed by atoms with van der Waals surface area (Å²) in [6.45, 7) is 4.72. The van der Waals surface area contributed by atoms with E-state index in [0.29, 0.717) is 0 Å². The van der Waals surface area contributed by atoms with E-state index in [4.69, 9.17) is 0 Å². The Labute approximate surface area is 51.3 Å². The van der Waals surface area contributed by atoms with E-state index >= 15 is 0 Å². The third-order valence-electron chi connectivity index (χ3n) is 3.34. The monoisotopic (exact) mass is 110 g/mol. The summed E-state index contributed by atoms with van der Waals surface area (Å²) in [5.74, 6) is 2.23. The largest absolute Gasteiger partial charge is 0.0651 e. The lowest BCUT2D eigenvalue weighted by atomic mass is 9.96. The summed E-state index contributed by atoms with van der Waals surface area (Å²) in [4.78, 5) is 0. The van der Waals surface area contributed by atoms with Crippen LogP contribution in [-0.4, -0.2) is 0 Å². The standard InChI is InChI=1S/C8H14/c1-3-6(2)8-4-7(8)5-8/h6-7H,3-5H2,1-2H3. The van der Waals surface area contributed by atoms with Crippen LogP contribution in [0.5, 0.6) is 0 Å². The molecule has 0 radical (unpaired) electrons. The third-order valence-corrected chi connectivity index (χ3v) is 3.34. The maximum Gasteiger partial charge on any atom is -0.0238 e. The molecule has 1 atom stereocenters. The second-order valence-corrected chi connectivity index (χ2v) is 3.65. The highest BCUT2D eigenvalue weighted by molar-refractivity contribution is 5.20. The average Bonchev–Trinajstić information content (AvgIpc) is 2.45. The highest BCUT2D eigenvalue weighted by Crippen LogP contribution is 2.79. The molecule has 2 aliphatic carbocycles. The number of rotatable bonds is 2. The lowest BCUT2D eigenvalue weighted by molar-refractivity contribution is 0.407. The molecule has 0 aromatic heterocycles. The summed E-state index contributed by atoms with van der Waals surface area (Å²) in [5.41, 5.74) is 0.925. The van der Waals surface area contributed by atoms with E-state index in [1.54, 1.807) is 12.8 Å². The summed E-state index contributed by atoms with van der Waals surface area (Å²) in [6.07, 6.45) is 4.54. The second kappa shape index (κ2) is 1.12. The van der Waals surface area contributed by atoms with Gasteiger partial charge < -0.3 is 0 Å². The molecule has 8 heavy (non-hydrogen) atoms. The van der Waals surface area contributed by atoms with E-state index in [0.717, 1.165) is 11.3 Å². The fraction of sp³-hybridized carbons (Fsp3) is 1.00. The summed E-state index contributed by atoms with van der Waals surface area (Å²) < 4.78 is 0. The van der Waals surface area contributed by atoms with Gasteiger partial charge in [0.05, 0.1) is 0 Å². The molecular weight excluding hydrogens is 96.1 g/mol. The molecule has 2 fully saturated rings. The van der Waals surface area contributed by atoms with Gasteiger partial charge in [-0.3, -0.25) is 0 Å². The minimum Gasteiger partial charge on any atom is -0.0651 e. The molecule has 2 saturated carbocycles. The fourth-order valence-corrected chi connectivity index (χ4v) is 1.95. The molecule has 0 saturated heterocycles. The molecule has 46 valence electrons. The molecule has 0 bridgehead atoms. The van der Waals surface area contributed by atoms with Crippen molar-refractivity contribution in [1.29, 1.82) is 0 Å². The predicted octanol–water partition coefficient (Wildman–Crippen LogP) is 2.44. The zero-order valence-corrected chi connectivity index (χ0v) is 5.78. The number of hydrogen-bond acceptors (Lipinski definition) is 0. The van der Waals surface area contributed by atoms with Crippen LogP contribution in [0.1, 0.15) is 33.1 Å².